The van der Waals surface area contributed by atoms with Crippen molar-refractivity contribution >= 4 is 17.6 Å². The van der Waals surface area contributed by atoms with E-state index in [4.69, 9.17) is 9.84 Å². The summed E-state index contributed by atoms with van der Waals surface area (Å²) in [4.78, 5) is 27.2. The second kappa shape index (κ2) is 6.69. The van der Waals surface area contributed by atoms with Gasteiger partial charge in [-0.25, -0.2) is 19.7 Å². The Morgan fingerprint density at radius 3 is 2.83 bits per heavy atom. The zero-order valence-electron chi connectivity index (χ0n) is 13.6. The average molecular weight is 329 g/mol. The molecular formula is C16H19N5O3. The number of carbonyl (C=O) groups is 1. The quantitative estimate of drug-likeness (QED) is 0.877. The summed E-state index contributed by atoms with van der Waals surface area (Å²) in [5, 5.41) is 8.87. The Hall–Kier alpha value is -2.90. The number of carboxylic acids is 1. The summed E-state index contributed by atoms with van der Waals surface area (Å²) in [7, 11) is 3.85. The average Bonchev–Trinajstić information content (AvgIpc) is 3.04. The topological polar surface area (TPSA) is 91.7 Å². The first kappa shape index (κ1) is 16.0. The molecule has 2 aromatic heterocycles. The lowest BCUT2D eigenvalue weighted by Crippen LogP contribution is -2.26. The molecule has 0 aliphatic carbocycles. The molecule has 0 amide bonds. The van der Waals surface area contributed by atoms with Crippen LogP contribution in [-0.4, -0.2) is 59.3 Å². The standard InChI is InChI=1S/C16H19N5O3/c1-20(2)15-13(4-3-6-17-15)24-11-5-7-21(10-11)14-9-18-12(8-19-14)16(22)23/h3-4,6,8-9,11H,5,7,10H2,1-2H3,(H,22,23). The van der Waals surface area contributed by atoms with Crippen molar-refractivity contribution in [3.05, 3.63) is 36.4 Å². The number of aromatic nitrogens is 3. The van der Waals surface area contributed by atoms with Gasteiger partial charge in [0.15, 0.2) is 17.3 Å². The van der Waals surface area contributed by atoms with Crippen LogP contribution in [0.4, 0.5) is 11.6 Å². The summed E-state index contributed by atoms with van der Waals surface area (Å²) < 4.78 is 6.09. The summed E-state index contributed by atoms with van der Waals surface area (Å²) in [6, 6.07) is 3.76. The van der Waals surface area contributed by atoms with Gasteiger partial charge in [-0.3, -0.25) is 0 Å². The highest BCUT2D eigenvalue weighted by molar-refractivity contribution is 5.84. The van der Waals surface area contributed by atoms with Crippen molar-refractivity contribution in [2.75, 3.05) is 37.0 Å². The largest absolute Gasteiger partial charge is 0.485 e. The highest BCUT2D eigenvalue weighted by atomic mass is 16.5. The molecule has 8 nitrogen and oxygen atoms in total. The molecule has 3 rings (SSSR count). The molecule has 126 valence electrons. The fourth-order valence-electron chi connectivity index (χ4n) is 2.62. The molecule has 0 radical (unpaired) electrons. The Labute approximate surface area is 139 Å². The van der Waals surface area contributed by atoms with E-state index in [9.17, 15) is 4.79 Å². The number of ether oxygens (including phenoxy) is 1. The van der Waals surface area contributed by atoms with Crippen LogP contribution in [0.15, 0.2) is 30.7 Å². The zero-order valence-corrected chi connectivity index (χ0v) is 13.6. The van der Waals surface area contributed by atoms with E-state index in [0.29, 0.717) is 12.4 Å². The van der Waals surface area contributed by atoms with Crippen molar-refractivity contribution in [3.63, 3.8) is 0 Å². The smallest absolute Gasteiger partial charge is 0.356 e. The molecule has 2 aromatic rings. The summed E-state index contributed by atoms with van der Waals surface area (Å²) in [6.07, 6.45) is 5.37. The third-order valence-electron chi connectivity index (χ3n) is 3.79. The van der Waals surface area contributed by atoms with Crippen molar-refractivity contribution in [3.8, 4) is 5.75 Å². The van der Waals surface area contributed by atoms with E-state index in [1.807, 2.05) is 36.0 Å². The van der Waals surface area contributed by atoms with Gasteiger partial charge in [0.1, 0.15) is 11.9 Å². The highest BCUT2D eigenvalue weighted by Crippen LogP contribution is 2.27. The van der Waals surface area contributed by atoms with Crippen LogP contribution >= 0.6 is 0 Å². The van der Waals surface area contributed by atoms with Crippen LogP contribution in [0.3, 0.4) is 0 Å². The van der Waals surface area contributed by atoms with Gasteiger partial charge in [0.25, 0.3) is 0 Å². The molecule has 3 heterocycles. The molecule has 1 aliphatic rings. The number of hydrogen-bond acceptors (Lipinski definition) is 7. The number of pyridine rings is 1. The van der Waals surface area contributed by atoms with Crippen LogP contribution in [0.25, 0.3) is 0 Å². The van der Waals surface area contributed by atoms with Crippen molar-refractivity contribution in [2.45, 2.75) is 12.5 Å². The van der Waals surface area contributed by atoms with Gasteiger partial charge in [-0.05, 0) is 12.1 Å². The third-order valence-corrected chi connectivity index (χ3v) is 3.79. The number of rotatable bonds is 5. The predicted octanol–water partition coefficient (Wildman–Crippen LogP) is 1.29. The maximum atomic E-state index is 10.8. The monoisotopic (exact) mass is 329 g/mol. The van der Waals surface area contributed by atoms with Gasteiger partial charge in [-0.1, -0.05) is 0 Å². The second-order valence-corrected chi connectivity index (χ2v) is 5.76. The van der Waals surface area contributed by atoms with Gasteiger partial charge in [0.2, 0.25) is 0 Å². The molecule has 0 aromatic carbocycles. The minimum Gasteiger partial charge on any atom is -0.485 e. The van der Waals surface area contributed by atoms with E-state index >= 15 is 0 Å². The van der Waals surface area contributed by atoms with Crippen LogP contribution in [0.1, 0.15) is 16.9 Å². The summed E-state index contributed by atoms with van der Waals surface area (Å²) >= 11 is 0. The van der Waals surface area contributed by atoms with E-state index in [1.165, 1.54) is 12.4 Å². The highest BCUT2D eigenvalue weighted by Gasteiger charge is 2.26. The molecule has 1 unspecified atom stereocenters. The predicted molar refractivity (Wildman–Crippen MR) is 88.8 cm³/mol. The molecular weight excluding hydrogens is 310 g/mol. The second-order valence-electron chi connectivity index (χ2n) is 5.76. The molecule has 0 bridgehead atoms. The minimum atomic E-state index is -1.08. The lowest BCUT2D eigenvalue weighted by atomic mass is 10.3. The van der Waals surface area contributed by atoms with E-state index in [2.05, 4.69) is 15.0 Å². The van der Waals surface area contributed by atoms with E-state index < -0.39 is 5.97 Å². The van der Waals surface area contributed by atoms with Crippen LogP contribution in [-0.2, 0) is 0 Å². The van der Waals surface area contributed by atoms with Crippen LogP contribution < -0.4 is 14.5 Å². The summed E-state index contributed by atoms with van der Waals surface area (Å²) in [6.45, 7) is 1.45. The van der Waals surface area contributed by atoms with Gasteiger partial charge in [-0.2, -0.15) is 0 Å². The number of hydrogen-bond donors (Lipinski definition) is 1. The normalized spacial score (nSPS) is 16.9. The Balaban J connectivity index is 1.66. The lowest BCUT2D eigenvalue weighted by molar-refractivity contribution is 0.0690. The fraction of sp³-hybridized carbons (Fsp3) is 0.375. The Kier molecular flexibility index (Phi) is 4.45. The fourth-order valence-corrected chi connectivity index (χ4v) is 2.62. The first-order valence-electron chi connectivity index (χ1n) is 7.64. The molecule has 1 fully saturated rings. The number of anilines is 2. The summed E-state index contributed by atoms with van der Waals surface area (Å²) in [5.74, 6) is 1.12. The van der Waals surface area contributed by atoms with Gasteiger partial charge < -0.3 is 19.6 Å². The molecule has 8 heteroatoms. The molecule has 1 N–H and O–H groups in total. The number of carboxylic acid groups (broad SMARTS) is 1. The third kappa shape index (κ3) is 3.37. The lowest BCUT2D eigenvalue weighted by Gasteiger charge is -2.20. The molecule has 1 atom stereocenters. The van der Waals surface area contributed by atoms with Crippen molar-refractivity contribution in [1.29, 1.82) is 0 Å². The Morgan fingerprint density at radius 1 is 1.33 bits per heavy atom. The maximum Gasteiger partial charge on any atom is 0.356 e. The minimum absolute atomic E-state index is 0.0221. The van der Waals surface area contributed by atoms with Crippen molar-refractivity contribution in [2.24, 2.45) is 0 Å². The SMILES string of the molecule is CN(C)c1ncccc1OC1CCN(c2cnc(C(=O)O)cn2)C1. The van der Waals surface area contributed by atoms with Crippen molar-refractivity contribution < 1.29 is 14.6 Å². The van der Waals surface area contributed by atoms with Crippen molar-refractivity contribution in [1.82, 2.24) is 15.0 Å². The first-order valence-corrected chi connectivity index (χ1v) is 7.64. The number of aromatic carboxylic acids is 1. The van der Waals surface area contributed by atoms with Gasteiger partial charge >= 0.3 is 5.97 Å². The van der Waals surface area contributed by atoms with Gasteiger partial charge in [0.05, 0.1) is 18.9 Å². The van der Waals surface area contributed by atoms with Gasteiger partial charge in [-0.15, -0.1) is 0 Å². The van der Waals surface area contributed by atoms with Crippen LogP contribution in [0, 0.1) is 0 Å². The maximum absolute atomic E-state index is 10.8. The number of nitrogens with zero attached hydrogens (tertiary/aromatic N) is 5. The van der Waals surface area contributed by atoms with Crippen LogP contribution in [0.2, 0.25) is 0 Å². The molecule has 0 saturated carbocycles. The van der Waals surface area contributed by atoms with Crippen LogP contribution in [0.5, 0.6) is 5.75 Å². The van der Waals surface area contributed by atoms with E-state index in [0.717, 1.165) is 24.5 Å². The zero-order chi connectivity index (χ0) is 17.1. The van der Waals surface area contributed by atoms with E-state index in [1.54, 1.807) is 6.20 Å². The van der Waals surface area contributed by atoms with Gasteiger partial charge in [0, 0.05) is 33.3 Å². The molecule has 1 saturated heterocycles. The Morgan fingerprint density at radius 2 is 2.17 bits per heavy atom. The molecule has 24 heavy (non-hydrogen) atoms. The first-order chi connectivity index (χ1) is 11.5. The Bertz CT molecular complexity index is 720. The summed E-state index contributed by atoms with van der Waals surface area (Å²) in [5.41, 5.74) is -0.0586. The molecule has 0 spiro atoms. The van der Waals surface area contributed by atoms with E-state index in [-0.39, 0.29) is 11.8 Å². The molecule has 1 aliphatic heterocycles.